The van der Waals surface area contributed by atoms with Crippen molar-refractivity contribution in [3.63, 3.8) is 0 Å². The molecule has 4 aliphatic rings. The number of amides is 1. The van der Waals surface area contributed by atoms with Gasteiger partial charge < -0.3 is 15.2 Å². The fourth-order valence-electron chi connectivity index (χ4n) is 8.55. The molecule has 5 rings (SSSR count). The Bertz CT molecular complexity index is 1130. The average Bonchev–Trinajstić information content (AvgIpc) is 3.20. The maximum Gasteiger partial charge on any atom is 0.331 e. The van der Waals surface area contributed by atoms with E-state index in [1.165, 1.54) is 5.57 Å². The molecule has 2 N–H and O–H groups in total. The van der Waals surface area contributed by atoms with Crippen molar-refractivity contribution in [3.05, 3.63) is 53.1 Å². The third-order valence-corrected chi connectivity index (χ3v) is 10.6. The van der Waals surface area contributed by atoms with Gasteiger partial charge in [-0.2, -0.15) is 0 Å². The number of carboxylic acid groups (broad SMARTS) is 1. The first-order valence-electron chi connectivity index (χ1n) is 13.6. The standard InChI is InChI=1S/C31H41NO4/c1-29(2,24-8-6-7-9-26(24)36-5)32-27(33)25-13-12-22-21-11-10-20-18-19(28(34)35)14-16-30(20,3)23(21)15-17-31(22,25)4/h6-10,18,21-23,25H,11-17H2,1-5H3,(H,32,33)(H,34,35)/t21-,22-,23-,25+,30-,31-/m0/s1. The molecule has 0 saturated heterocycles. The lowest BCUT2D eigenvalue weighted by molar-refractivity contribution is -0.133. The number of allylic oxidation sites excluding steroid dienone is 3. The van der Waals surface area contributed by atoms with E-state index in [1.807, 2.05) is 30.3 Å². The van der Waals surface area contributed by atoms with Crippen LogP contribution in [0.5, 0.6) is 5.75 Å². The van der Waals surface area contributed by atoms with Crippen LogP contribution in [0.15, 0.2) is 47.6 Å². The first kappa shape index (κ1) is 25.1. The third-order valence-electron chi connectivity index (χ3n) is 10.6. The monoisotopic (exact) mass is 491 g/mol. The van der Waals surface area contributed by atoms with Gasteiger partial charge in [-0.05, 0) is 105 Å². The summed E-state index contributed by atoms with van der Waals surface area (Å²) in [6.45, 7) is 8.85. The molecular formula is C31H41NO4. The van der Waals surface area contributed by atoms with Gasteiger partial charge in [0, 0.05) is 17.1 Å². The number of fused-ring (bicyclic) bond motifs is 5. The Balaban J connectivity index is 1.37. The zero-order valence-electron chi connectivity index (χ0n) is 22.4. The van der Waals surface area contributed by atoms with E-state index in [0.29, 0.717) is 29.7 Å². The molecule has 194 valence electrons. The van der Waals surface area contributed by atoms with Crippen molar-refractivity contribution in [1.82, 2.24) is 5.32 Å². The van der Waals surface area contributed by atoms with Crippen molar-refractivity contribution in [2.24, 2.45) is 34.5 Å². The fraction of sp³-hybridized carbons (Fsp3) is 0.613. The van der Waals surface area contributed by atoms with Crippen molar-refractivity contribution < 1.29 is 19.4 Å². The molecule has 5 nitrogen and oxygen atoms in total. The van der Waals surface area contributed by atoms with Crippen LogP contribution in [-0.2, 0) is 15.1 Å². The molecule has 1 amide bonds. The van der Waals surface area contributed by atoms with Crippen molar-refractivity contribution >= 4 is 11.9 Å². The van der Waals surface area contributed by atoms with Crippen molar-refractivity contribution in [1.29, 1.82) is 0 Å². The Morgan fingerprint density at radius 1 is 1.08 bits per heavy atom. The highest BCUT2D eigenvalue weighted by Crippen LogP contribution is 2.66. The molecule has 0 radical (unpaired) electrons. The molecule has 1 aromatic rings. The molecule has 36 heavy (non-hydrogen) atoms. The van der Waals surface area contributed by atoms with Crippen LogP contribution >= 0.6 is 0 Å². The molecule has 2 saturated carbocycles. The molecule has 2 fully saturated rings. The summed E-state index contributed by atoms with van der Waals surface area (Å²) >= 11 is 0. The van der Waals surface area contributed by atoms with Crippen LogP contribution in [0.4, 0.5) is 0 Å². The first-order chi connectivity index (χ1) is 17.0. The van der Waals surface area contributed by atoms with Crippen molar-refractivity contribution in [3.8, 4) is 5.75 Å². The number of carboxylic acids is 1. The molecule has 5 heteroatoms. The Morgan fingerprint density at radius 2 is 1.83 bits per heavy atom. The second-order valence-corrected chi connectivity index (χ2v) is 12.7. The molecule has 0 unspecified atom stereocenters. The maximum absolute atomic E-state index is 13.8. The van der Waals surface area contributed by atoms with E-state index in [-0.39, 0.29) is 22.7 Å². The summed E-state index contributed by atoms with van der Waals surface area (Å²) in [6, 6.07) is 7.93. The molecule has 0 heterocycles. The van der Waals surface area contributed by atoms with Crippen molar-refractivity contribution in [2.45, 2.75) is 78.2 Å². The Labute approximate surface area is 215 Å². The topological polar surface area (TPSA) is 75.6 Å². The van der Waals surface area contributed by atoms with Gasteiger partial charge in [-0.3, -0.25) is 4.79 Å². The zero-order chi connectivity index (χ0) is 25.9. The molecule has 4 aliphatic carbocycles. The highest BCUT2D eigenvalue weighted by atomic mass is 16.5. The number of hydrogen-bond donors (Lipinski definition) is 2. The van der Waals surface area contributed by atoms with Gasteiger partial charge in [0.15, 0.2) is 0 Å². The molecule has 0 spiro atoms. The lowest BCUT2D eigenvalue weighted by Crippen LogP contribution is -2.52. The predicted octanol–water partition coefficient (Wildman–Crippen LogP) is 6.25. The van der Waals surface area contributed by atoms with Crippen LogP contribution < -0.4 is 10.1 Å². The van der Waals surface area contributed by atoms with Gasteiger partial charge in [-0.15, -0.1) is 0 Å². The number of para-hydroxylation sites is 1. The Morgan fingerprint density at radius 3 is 2.56 bits per heavy atom. The van der Waals surface area contributed by atoms with Crippen LogP contribution in [0.2, 0.25) is 0 Å². The van der Waals surface area contributed by atoms with Gasteiger partial charge in [0.1, 0.15) is 5.75 Å². The second-order valence-electron chi connectivity index (χ2n) is 12.7. The number of nitrogens with one attached hydrogen (secondary N) is 1. The van der Waals surface area contributed by atoms with E-state index >= 15 is 0 Å². The highest BCUT2D eigenvalue weighted by Gasteiger charge is 2.59. The van der Waals surface area contributed by atoms with E-state index in [0.717, 1.165) is 49.8 Å². The number of carbonyl (C=O) groups excluding carboxylic acids is 1. The molecule has 0 aliphatic heterocycles. The minimum Gasteiger partial charge on any atom is -0.496 e. The molecule has 6 atom stereocenters. The van der Waals surface area contributed by atoms with Crippen molar-refractivity contribution in [2.75, 3.05) is 7.11 Å². The van der Waals surface area contributed by atoms with E-state index in [2.05, 4.69) is 39.1 Å². The molecular weight excluding hydrogens is 450 g/mol. The third kappa shape index (κ3) is 3.81. The largest absolute Gasteiger partial charge is 0.496 e. The summed E-state index contributed by atoms with van der Waals surface area (Å²) in [6.07, 6.45) is 11.1. The highest BCUT2D eigenvalue weighted by molar-refractivity contribution is 5.87. The van der Waals surface area contributed by atoms with Crippen LogP contribution in [-0.4, -0.2) is 24.1 Å². The summed E-state index contributed by atoms with van der Waals surface area (Å²) in [4.78, 5) is 25.4. The van der Waals surface area contributed by atoms with Crippen LogP contribution in [0.3, 0.4) is 0 Å². The molecule has 1 aromatic carbocycles. The van der Waals surface area contributed by atoms with Gasteiger partial charge in [-0.1, -0.05) is 38.1 Å². The van der Waals surface area contributed by atoms with Gasteiger partial charge in [-0.25, -0.2) is 4.79 Å². The molecule has 0 aromatic heterocycles. The van der Waals surface area contributed by atoms with Gasteiger partial charge in [0.05, 0.1) is 12.6 Å². The minimum atomic E-state index is -0.781. The van der Waals surface area contributed by atoms with E-state index < -0.39 is 11.5 Å². The minimum absolute atomic E-state index is 0.000534. The smallest absolute Gasteiger partial charge is 0.331 e. The number of carbonyl (C=O) groups is 2. The lowest BCUT2D eigenvalue weighted by Gasteiger charge is -2.57. The number of ether oxygens (including phenoxy) is 1. The van der Waals surface area contributed by atoms with Gasteiger partial charge in [0.25, 0.3) is 0 Å². The number of hydrogen-bond acceptors (Lipinski definition) is 3. The Kier molecular flexibility index (Phi) is 6.12. The Hall–Kier alpha value is -2.56. The van der Waals surface area contributed by atoms with E-state index in [9.17, 15) is 14.7 Å². The van der Waals surface area contributed by atoms with Crippen LogP contribution in [0.25, 0.3) is 0 Å². The summed E-state index contributed by atoms with van der Waals surface area (Å²) in [5, 5.41) is 12.9. The summed E-state index contributed by atoms with van der Waals surface area (Å²) < 4.78 is 5.58. The van der Waals surface area contributed by atoms with Crippen LogP contribution in [0, 0.1) is 34.5 Å². The second kappa shape index (κ2) is 8.78. The molecule has 0 bridgehead atoms. The number of benzene rings is 1. The lowest BCUT2D eigenvalue weighted by atomic mass is 9.48. The fourth-order valence-corrected chi connectivity index (χ4v) is 8.55. The normalized spacial score (nSPS) is 35.5. The number of rotatable bonds is 5. The van der Waals surface area contributed by atoms with Crippen LogP contribution in [0.1, 0.15) is 78.2 Å². The summed E-state index contributed by atoms with van der Waals surface area (Å²) in [7, 11) is 1.67. The van der Waals surface area contributed by atoms with E-state index in [4.69, 9.17) is 4.74 Å². The SMILES string of the molecule is COc1ccccc1C(C)(C)NC(=O)[C@H]1CC[C@H]2[C@@H]3CC=C4C=C(C(=O)O)CC[C@]4(C)[C@H]3CC[C@]12C. The van der Waals surface area contributed by atoms with E-state index in [1.54, 1.807) is 7.11 Å². The maximum atomic E-state index is 13.8. The van der Waals surface area contributed by atoms with Gasteiger partial charge in [0.2, 0.25) is 5.91 Å². The zero-order valence-corrected chi connectivity index (χ0v) is 22.4. The predicted molar refractivity (Wildman–Crippen MR) is 140 cm³/mol. The summed E-state index contributed by atoms with van der Waals surface area (Å²) in [5.74, 6) is 1.85. The summed E-state index contributed by atoms with van der Waals surface area (Å²) in [5.41, 5.74) is 2.31. The quantitative estimate of drug-likeness (QED) is 0.511. The number of aliphatic carboxylic acids is 1. The number of methoxy groups -OCH3 is 1. The first-order valence-corrected chi connectivity index (χ1v) is 13.6. The average molecular weight is 492 g/mol. The van der Waals surface area contributed by atoms with Gasteiger partial charge >= 0.3 is 5.97 Å².